The molecule has 1 unspecified atom stereocenters. The molecule has 0 aromatic carbocycles. The summed E-state index contributed by atoms with van der Waals surface area (Å²) >= 11 is 1.47. The van der Waals surface area contributed by atoms with Crippen LogP contribution in [0.2, 0.25) is 0 Å². The average molecular weight is 267 g/mol. The molecule has 1 aromatic rings. The molecule has 1 N–H and O–H groups in total. The van der Waals surface area contributed by atoms with Crippen LogP contribution in [0.15, 0.2) is 17.4 Å². The van der Waals surface area contributed by atoms with Gasteiger partial charge in [-0.2, -0.15) is 0 Å². The Hall–Kier alpha value is -1.14. The number of hydrogen-bond acceptors (Lipinski definition) is 6. The lowest BCUT2D eigenvalue weighted by Gasteiger charge is -2.15. The van der Waals surface area contributed by atoms with Crippen molar-refractivity contribution in [1.82, 2.24) is 15.3 Å². The largest absolute Gasteiger partial charge is 0.468 e. The van der Waals surface area contributed by atoms with Gasteiger partial charge < -0.3 is 10.1 Å². The van der Waals surface area contributed by atoms with Crippen LogP contribution in [0.3, 0.4) is 0 Å². The molecular formula is C12H17N3O2S. The van der Waals surface area contributed by atoms with Crippen molar-refractivity contribution in [2.24, 2.45) is 0 Å². The van der Waals surface area contributed by atoms with Gasteiger partial charge in [-0.3, -0.25) is 4.79 Å². The fourth-order valence-corrected chi connectivity index (χ4v) is 2.41. The zero-order valence-corrected chi connectivity index (χ0v) is 11.4. The Morgan fingerprint density at radius 1 is 1.67 bits per heavy atom. The molecule has 1 fully saturated rings. The summed E-state index contributed by atoms with van der Waals surface area (Å²) in [6.45, 7) is 1.92. The Morgan fingerprint density at radius 3 is 3.06 bits per heavy atom. The SMILES string of the molecule is COC(=O)C(CSc1nccc(C)n1)NC1CC1. The Bertz CT molecular complexity index is 424. The van der Waals surface area contributed by atoms with E-state index >= 15 is 0 Å². The molecule has 2 rings (SSSR count). The van der Waals surface area contributed by atoms with E-state index < -0.39 is 0 Å². The number of esters is 1. The molecule has 1 aliphatic carbocycles. The average Bonchev–Trinajstić information content (AvgIpc) is 3.17. The summed E-state index contributed by atoms with van der Waals surface area (Å²) in [6.07, 6.45) is 4.00. The van der Waals surface area contributed by atoms with Crippen molar-refractivity contribution in [3.63, 3.8) is 0 Å². The fourth-order valence-electron chi connectivity index (χ4n) is 1.51. The summed E-state index contributed by atoms with van der Waals surface area (Å²) in [6, 6.07) is 2.04. The summed E-state index contributed by atoms with van der Waals surface area (Å²) in [5, 5.41) is 3.97. The standard InChI is InChI=1S/C12H17N3O2S/c1-8-5-6-13-12(14-8)18-7-10(11(16)17-2)15-9-3-4-9/h5-6,9-10,15H,3-4,7H2,1-2H3. The normalized spacial score (nSPS) is 16.3. The number of methoxy groups -OCH3 is 1. The maximum absolute atomic E-state index is 11.6. The number of carbonyl (C=O) groups is 1. The second-order valence-electron chi connectivity index (χ2n) is 4.31. The molecule has 0 aliphatic heterocycles. The summed E-state index contributed by atoms with van der Waals surface area (Å²) in [5.41, 5.74) is 0.928. The van der Waals surface area contributed by atoms with Crippen molar-refractivity contribution in [2.45, 2.75) is 37.0 Å². The predicted molar refractivity (Wildman–Crippen MR) is 69.5 cm³/mol. The van der Waals surface area contributed by atoms with Crippen molar-refractivity contribution in [2.75, 3.05) is 12.9 Å². The molecule has 98 valence electrons. The highest BCUT2D eigenvalue weighted by Crippen LogP contribution is 2.21. The van der Waals surface area contributed by atoms with Crippen LogP contribution in [-0.2, 0) is 9.53 Å². The Labute approximate surface area is 111 Å². The number of nitrogens with zero attached hydrogens (tertiary/aromatic N) is 2. The smallest absolute Gasteiger partial charge is 0.323 e. The van der Waals surface area contributed by atoms with Crippen molar-refractivity contribution in [1.29, 1.82) is 0 Å². The van der Waals surface area contributed by atoms with Crippen LogP contribution in [0.4, 0.5) is 0 Å². The molecular weight excluding hydrogens is 250 g/mol. The van der Waals surface area contributed by atoms with E-state index in [1.807, 2.05) is 13.0 Å². The quantitative estimate of drug-likeness (QED) is 0.474. The Balaban J connectivity index is 1.89. The van der Waals surface area contributed by atoms with Crippen LogP contribution < -0.4 is 5.32 Å². The van der Waals surface area contributed by atoms with E-state index in [4.69, 9.17) is 4.74 Å². The molecule has 18 heavy (non-hydrogen) atoms. The fraction of sp³-hybridized carbons (Fsp3) is 0.583. The number of rotatable bonds is 6. The monoisotopic (exact) mass is 267 g/mol. The van der Waals surface area contributed by atoms with Gasteiger partial charge in [-0.25, -0.2) is 9.97 Å². The molecule has 0 saturated heterocycles. The van der Waals surface area contributed by atoms with E-state index in [-0.39, 0.29) is 12.0 Å². The number of nitrogens with one attached hydrogen (secondary N) is 1. The number of aromatic nitrogens is 2. The number of hydrogen-bond donors (Lipinski definition) is 1. The Morgan fingerprint density at radius 2 is 2.44 bits per heavy atom. The molecule has 0 radical (unpaired) electrons. The van der Waals surface area contributed by atoms with E-state index in [1.165, 1.54) is 18.9 Å². The number of thioether (sulfide) groups is 1. The van der Waals surface area contributed by atoms with Crippen LogP contribution in [-0.4, -0.2) is 40.9 Å². The first kappa shape index (κ1) is 13.3. The summed E-state index contributed by atoms with van der Waals surface area (Å²) in [4.78, 5) is 20.1. The van der Waals surface area contributed by atoms with Crippen molar-refractivity contribution in [3.05, 3.63) is 18.0 Å². The van der Waals surface area contributed by atoms with E-state index in [2.05, 4.69) is 15.3 Å². The molecule has 0 amide bonds. The third-order valence-electron chi connectivity index (χ3n) is 2.65. The molecule has 1 aromatic heterocycles. The van der Waals surface area contributed by atoms with Crippen molar-refractivity contribution in [3.8, 4) is 0 Å². The van der Waals surface area contributed by atoms with Gasteiger partial charge in [0.15, 0.2) is 5.16 Å². The first-order valence-corrected chi connectivity index (χ1v) is 6.94. The van der Waals surface area contributed by atoms with E-state index in [9.17, 15) is 4.79 Å². The third-order valence-corrected chi connectivity index (χ3v) is 3.61. The minimum Gasteiger partial charge on any atom is -0.468 e. The van der Waals surface area contributed by atoms with Gasteiger partial charge in [0.2, 0.25) is 0 Å². The molecule has 1 atom stereocenters. The van der Waals surface area contributed by atoms with Gasteiger partial charge >= 0.3 is 5.97 Å². The maximum atomic E-state index is 11.6. The lowest BCUT2D eigenvalue weighted by atomic mass is 10.3. The number of aryl methyl sites for hydroxylation is 1. The van der Waals surface area contributed by atoms with Gasteiger partial charge in [0, 0.05) is 23.7 Å². The lowest BCUT2D eigenvalue weighted by Crippen LogP contribution is -2.41. The van der Waals surface area contributed by atoms with Gasteiger partial charge in [0.1, 0.15) is 6.04 Å². The van der Waals surface area contributed by atoms with Gasteiger partial charge in [0.25, 0.3) is 0 Å². The number of carbonyl (C=O) groups excluding carboxylic acids is 1. The van der Waals surface area contributed by atoms with Gasteiger partial charge in [-0.1, -0.05) is 11.8 Å². The highest BCUT2D eigenvalue weighted by Gasteiger charge is 2.29. The molecule has 5 nitrogen and oxygen atoms in total. The van der Waals surface area contributed by atoms with E-state index in [1.54, 1.807) is 6.20 Å². The number of ether oxygens (including phenoxy) is 1. The van der Waals surface area contributed by atoms with Crippen molar-refractivity contribution < 1.29 is 9.53 Å². The molecule has 1 heterocycles. The van der Waals surface area contributed by atoms with Crippen LogP contribution >= 0.6 is 11.8 Å². The molecule has 1 saturated carbocycles. The predicted octanol–water partition coefficient (Wildman–Crippen LogP) is 1.17. The Kier molecular flexibility index (Phi) is 4.54. The topological polar surface area (TPSA) is 64.1 Å². The highest BCUT2D eigenvalue weighted by molar-refractivity contribution is 7.99. The minimum atomic E-state index is -0.281. The summed E-state index contributed by atoms with van der Waals surface area (Å²) < 4.78 is 4.80. The van der Waals surface area contributed by atoms with Crippen LogP contribution in [0.25, 0.3) is 0 Å². The van der Waals surface area contributed by atoms with Gasteiger partial charge in [-0.05, 0) is 25.8 Å². The zero-order valence-electron chi connectivity index (χ0n) is 10.5. The first-order chi connectivity index (χ1) is 8.69. The third kappa shape index (κ3) is 3.96. The molecule has 1 aliphatic rings. The minimum absolute atomic E-state index is 0.220. The summed E-state index contributed by atoms with van der Waals surface area (Å²) in [7, 11) is 1.41. The first-order valence-electron chi connectivity index (χ1n) is 5.95. The second kappa shape index (κ2) is 6.15. The van der Waals surface area contributed by atoms with E-state index in [0.717, 1.165) is 18.5 Å². The second-order valence-corrected chi connectivity index (χ2v) is 5.30. The lowest BCUT2D eigenvalue weighted by molar-refractivity contribution is -0.142. The maximum Gasteiger partial charge on any atom is 0.323 e. The van der Waals surface area contributed by atoms with Crippen LogP contribution in [0.5, 0.6) is 0 Å². The van der Waals surface area contributed by atoms with Crippen LogP contribution in [0.1, 0.15) is 18.5 Å². The molecule has 0 bridgehead atoms. The molecule has 0 spiro atoms. The van der Waals surface area contributed by atoms with Crippen LogP contribution in [0, 0.1) is 6.92 Å². The zero-order chi connectivity index (χ0) is 13.0. The van der Waals surface area contributed by atoms with Crippen molar-refractivity contribution >= 4 is 17.7 Å². The highest BCUT2D eigenvalue weighted by atomic mass is 32.2. The van der Waals surface area contributed by atoms with Gasteiger partial charge in [-0.15, -0.1) is 0 Å². The van der Waals surface area contributed by atoms with Gasteiger partial charge in [0.05, 0.1) is 7.11 Å². The van der Waals surface area contributed by atoms with E-state index in [0.29, 0.717) is 17.0 Å². The summed E-state index contributed by atoms with van der Waals surface area (Å²) in [5.74, 6) is 0.370. The molecule has 6 heteroatoms.